The Morgan fingerprint density at radius 3 is 2.79 bits per heavy atom. The topological polar surface area (TPSA) is 98.8 Å². The molecule has 82 valence electrons. The molecule has 1 amide bonds. The molecule has 0 spiro atoms. The number of aliphatic hydroxyl groups excluding tert-OH is 2. The molecule has 1 aliphatic heterocycles. The van der Waals surface area contributed by atoms with Gasteiger partial charge in [0.15, 0.2) is 0 Å². The number of amides is 1. The summed E-state index contributed by atoms with van der Waals surface area (Å²) in [6.07, 6.45) is -0.562. The predicted octanol–water partition coefficient (Wildman–Crippen LogP) is -2.35. The highest BCUT2D eigenvalue weighted by atomic mass is 16.3. The Morgan fingerprint density at radius 2 is 2.36 bits per heavy atom. The first-order valence-electron chi connectivity index (χ1n) is 4.63. The minimum Gasteiger partial charge on any atom is -0.396 e. The van der Waals surface area contributed by atoms with Gasteiger partial charge >= 0.3 is 0 Å². The Morgan fingerprint density at radius 1 is 1.71 bits per heavy atom. The number of hydrogen-bond acceptors (Lipinski definition) is 5. The van der Waals surface area contributed by atoms with Crippen LogP contribution in [0, 0.1) is 5.92 Å². The van der Waals surface area contributed by atoms with Crippen molar-refractivity contribution in [2.45, 2.75) is 19.1 Å². The second-order valence-corrected chi connectivity index (χ2v) is 3.65. The average Bonchev–Trinajstić information content (AvgIpc) is 2.57. The molecule has 1 fully saturated rings. The Labute approximate surface area is 82.7 Å². The van der Waals surface area contributed by atoms with Gasteiger partial charge in [-0.3, -0.25) is 15.1 Å². The van der Waals surface area contributed by atoms with Crippen molar-refractivity contribution in [2.24, 2.45) is 11.8 Å². The molecule has 3 unspecified atom stereocenters. The molecule has 3 atom stereocenters. The third kappa shape index (κ3) is 2.21. The van der Waals surface area contributed by atoms with Crippen LogP contribution in [0.3, 0.4) is 0 Å². The monoisotopic (exact) mass is 203 g/mol. The molecule has 14 heavy (non-hydrogen) atoms. The lowest BCUT2D eigenvalue weighted by atomic mass is 10.1. The van der Waals surface area contributed by atoms with E-state index in [1.165, 1.54) is 0 Å². The van der Waals surface area contributed by atoms with Gasteiger partial charge in [-0.25, -0.2) is 5.84 Å². The van der Waals surface area contributed by atoms with Crippen molar-refractivity contribution in [1.29, 1.82) is 0 Å². The van der Waals surface area contributed by atoms with Crippen molar-refractivity contribution in [3.05, 3.63) is 0 Å². The lowest BCUT2D eigenvalue weighted by Gasteiger charge is -2.21. The highest BCUT2D eigenvalue weighted by Crippen LogP contribution is 2.18. The molecule has 0 radical (unpaired) electrons. The Hall–Kier alpha value is -0.690. The lowest BCUT2D eigenvalue weighted by molar-refractivity contribution is -0.125. The number of likely N-dealkylation sites (tertiary alicyclic amines) is 1. The van der Waals surface area contributed by atoms with E-state index in [1.54, 1.807) is 11.8 Å². The van der Waals surface area contributed by atoms with Crippen LogP contribution in [0.2, 0.25) is 0 Å². The Bertz CT molecular complexity index is 212. The van der Waals surface area contributed by atoms with Crippen LogP contribution in [0.1, 0.15) is 6.92 Å². The predicted molar refractivity (Wildman–Crippen MR) is 49.9 cm³/mol. The maximum Gasteiger partial charge on any atom is 0.250 e. The first kappa shape index (κ1) is 11.4. The number of hydrogen-bond donors (Lipinski definition) is 4. The molecular formula is C8H17N3O3. The molecule has 1 heterocycles. The summed E-state index contributed by atoms with van der Waals surface area (Å²) >= 11 is 0. The van der Waals surface area contributed by atoms with E-state index in [1.807, 2.05) is 0 Å². The third-order valence-electron chi connectivity index (χ3n) is 2.74. The van der Waals surface area contributed by atoms with Gasteiger partial charge in [0.05, 0.1) is 12.1 Å². The maximum atomic E-state index is 11.2. The molecule has 0 bridgehead atoms. The van der Waals surface area contributed by atoms with Gasteiger partial charge in [0, 0.05) is 25.6 Å². The Kier molecular flexibility index (Phi) is 3.82. The largest absolute Gasteiger partial charge is 0.396 e. The molecule has 0 aromatic carbocycles. The average molecular weight is 203 g/mol. The fraction of sp³-hybridized carbons (Fsp3) is 0.875. The van der Waals surface area contributed by atoms with Crippen molar-refractivity contribution in [1.82, 2.24) is 10.3 Å². The van der Waals surface area contributed by atoms with Crippen LogP contribution in [0.25, 0.3) is 0 Å². The summed E-state index contributed by atoms with van der Waals surface area (Å²) in [7, 11) is 0. The van der Waals surface area contributed by atoms with E-state index in [0.29, 0.717) is 13.1 Å². The van der Waals surface area contributed by atoms with E-state index in [4.69, 9.17) is 10.9 Å². The minimum absolute atomic E-state index is 0.0609. The van der Waals surface area contributed by atoms with E-state index >= 15 is 0 Å². The fourth-order valence-electron chi connectivity index (χ4n) is 1.67. The molecule has 6 heteroatoms. The number of nitrogens with one attached hydrogen (secondary N) is 1. The summed E-state index contributed by atoms with van der Waals surface area (Å²) in [5.41, 5.74) is 2.06. The van der Waals surface area contributed by atoms with Crippen molar-refractivity contribution in [2.75, 3.05) is 19.7 Å². The van der Waals surface area contributed by atoms with Crippen molar-refractivity contribution in [3.8, 4) is 0 Å². The highest BCUT2D eigenvalue weighted by molar-refractivity contribution is 5.80. The second-order valence-electron chi connectivity index (χ2n) is 3.65. The number of β-amino-alcohol motifs (C(OH)–C–C–N with tert-alkyl or cyclic N) is 1. The highest BCUT2D eigenvalue weighted by Gasteiger charge is 2.35. The van der Waals surface area contributed by atoms with Crippen molar-refractivity contribution < 1.29 is 15.0 Å². The number of carbonyl (C=O) groups excluding carboxylic acids is 1. The van der Waals surface area contributed by atoms with Gasteiger partial charge in [-0.15, -0.1) is 0 Å². The number of aliphatic hydroxyl groups is 2. The number of rotatable bonds is 3. The van der Waals surface area contributed by atoms with Gasteiger partial charge < -0.3 is 10.2 Å². The SMILES string of the molecule is CC(C(=O)NN)N1CC(O)C(CO)C1. The van der Waals surface area contributed by atoms with Gasteiger partial charge in [0.1, 0.15) is 0 Å². The van der Waals surface area contributed by atoms with Gasteiger partial charge in [-0.1, -0.05) is 0 Å². The van der Waals surface area contributed by atoms with Crippen LogP contribution in [0.4, 0.5) is 0 Å². The normalized spacial score (nSPS) is 30.3. The van der Waals surface area contributed by atoms with Crippen LogP contribution in [0.15, 0.2) is 0 Å². The zero-order chi connectivity index (χ0) is 10.7. The van der Waals surface area contributed by atoms with Crippen LogP contribution in [-0.4, -0.2) is 52.9 Å². The third-order valence-corrected chi connectivity index (χ3v) is 2.74. The number of nitrogens with two attached hydrogens (primary N) is 1. The van der Waals surface area contributed by atoms with Crippen LogP contribution < -0.4 is 11.3 Å². The molecule has 0 aliphatic carbocycles. The zero-order valence-corrected chi connectivity index (χ0v) is 8.18. The molecule has 6 nitrogen and oxygen atoms in total. The fourth-order valence-corrected chi connectivity index (χ4v) is 1.67. The van der Waals surface area contributed by atoms with E-state index in [9.17, 15) is 9.90 Å². The number of carbonyl (C=O) groups is 1. The van der Waals surface area contributed by atoms with E-state index in [2.05, 4.69) is 5.43 Å². The maximum absolute atomic E-state index is 11.2. The van der Waals surface area contributed by atoms with Gasteiger partial charge in [0.25, 0.3) is 5.91 Å². The van der Waals surface area contributed by atoms with Crippen LogP contribution in [0.5, 0.6) is 0 Å². The molecule has 0 aromatic heterocycles. The van der Waals surface area contributed by atoms with E-state index < -0.39 is 6.10 Å². The molecule has 0 aromatic rings. The molecule has 1 saturated heterocycles. The lowest BCUT2D eigenvalue weighted by Crippen LogP contribution is -2.46. The van der Waals surface area contributed by atoms with Gasteiger partial charge in [-0.05, 0) is 6.92 Å². The van der Waals surface area contributed by atoms with E-state index in [-0.39, 0.29) is 24.5 Å². The number of nitrogens with zero attached hydrogens (tertiary/aromatic N) is 1. The van der Waals surface area contributed by atoms with Gasteiger partial charge in [0.2, 0.25) is 0 Å². The summed E-state index contributed by atoms with van der Waals surface area (Å²) in [5.74, 6) is 4.56. The smallest absolute Gasteiger partial charge is 0.250 e. The van der Waals surface area contributed by atoms with Crippen molar-refractivity contribution >= 4 is 5.91 Å². The molecular weight excluding hydrogens is 186 g/mol. The summed E-state index contributed by atoms with van der Waals surface area (Å²) in [6.45, 7) is 2.58. The standard InChI is InChI=1S/C8H17N3O3/c1-5(8(14)10-9)11-2-6(4-12)7(13)3-11/h5-7,12-13H,2-4,9H2,1H3,(H,10,14). The first-order valence-corrected chi connectivity index (χ1v) is 4.63. The summed E-state index contributed by atoms with van der Waals surface area (Å²) in [4.78, 5) is 13.0. The zero-order valence-electron chi connectivity index (χ0n) is 8.18. The minimum atomic E-state index is -0.562. The van der Waals surface area contributed by atoms with Gasteiger partial charge in [-0.2, -0.15) is 0 Å². The molecule has 5 N–H and O–H groups in total. The van der Waals surface area contributed by atoms with E-state index in [0.717, 1.165) is 0 Å². The summed E-state index contributed by atoms with van der Waals surface area (Å²) in [5, 5.41) is 18.4. The molecule has 1 rings (SSSR count). The first-order chi connectivity index (χ1) is 6.60. The summed E-state index contributed by atoms with van der Waals surface area (Å²) in [6, 6.07) is -0.369. The van der Waals surface area contributed by atoms with Crippen LogP contribution in [-0.2, 0) is 4.79 Å². The number of hydrazine groups is 1. The summed E-state index contributed by atoms with van der Waals surface area (Å²) < 4.78 is 0. The van der Waals surface area contributed by atoms with Crippen molar-refractivity contribution in [3.63, 3.8) is 0 Å². The second kappa shape index (κ2) is 4.70. The quantitative estimate of drug-likeness (QED) is 0.234. The van der Waals surface area contributed by atoms with Crippen LogP contribution >= 0.6 is 0 Å². The molecule has 1 aliphatic rings. The Balaban J connectivity index is 2.52. The molecule has 0 saturated carbocycles.